The Labute approximate surface area is 109 Å². The lowest BCUT2D eigenvalue weighted by Gasteiger charge is -2.55. The van der Waals surface area contributed by atoms with Crippen LogP contribution < -0.4 is 0 Å². The second-order valence-corrected chi connectivity index (χ2v) is 7.58. The van der Waals surface area contributed by atoms with E-state index in [-0.39, 0.29) is 35.1 Å². The summed E-state index contributed by atoms with van der Waals surface area (Å²) in [7, 11) is 0. The van der Waals surface area contributed by atoms with Gasteiger partial charge in [-0.15, -0.1) is 0 Å². The number of hydrogen-bond donors (Lipinski definition) is 2. The van der Waals surface area contributed by atoms with Crippen LogP contribution in [0.4, 0.5) is 0 Å². The maximum absolute atomic E-state index is 12.0. The minimum absolute atomic E-state index is 0.0526. The standard InChI is InChI=1S/C15H24O3/c1-9(17)12-10-6-13(2,8-16)7-11(10)14(3)4-5-15(12,14)18/h10-12,16,18H,4-8H2,1-3H3/t10-,11+,12-,13+,14-,15-/m1/s1. The highest BCUT2D eigenvalue weighted by molar-refractivity contribution is 5.81. The van der Waals surface area contributed by atoms with E-state index in [1.807, 2.05) is 0 Å². The topological polar surface area (TPSA) is 57.5 Å². The van der Waals surface area contributed by atoms with Gasteiger partial charge in [-0.05, 0) is 49.9 Å². The molecule has 18 heavy (non-hydrogen) atoms. The summed E-state index contributed by atoms with van der Waals surface area (Å²) in [5.74, 6) is 0.618. The number of aliphatic hydroxyl groups is 2. The third-order valence-corrected chi connectivity index (χ3v) is 6.55. The maximum atomic E-state index is 12.0. The molecular formula is C15H24O3. The molecule has 3 fully saturated rings. The number of ketones is 1. The van der Waals surface area contributed by atoms with Crippen LogP contribution in [0.15, 0.2) is 0 Å². The third-order valence-electron chi connectivity index (χ3n) is 6.55. The lowest BCUT2D eigenvalue weighted by atomic mass is 9.53. The van der Waals surface area contributed by atoms with Gasteiger partial charge in [0.25, 0.3) is 0 Å². The molecule has 3 saturated carbocycles. The smallest absolute Gasteiger partial charge is 0.136 e. The Morgan fingerprint density at radius 2 is 1.94 bits per heavy atom. The summed E-state index contributed by atoms with van der Waals surface area (Å²) in [5.41, 5.74) is -0.908. The van der Waals surface area contributed by atoms with Crippen molar-refractivity contribution in [3.05, 3.63) is 0 Å². The van der Waals surface area contributed by atoms with Crippen molar-refractivity contribution in [2.75, 3.05) is 6.61 Å². The molecule has 3 heteroatoms. The van der Waals surface area contributed by atoms with Gasteiger partial charge >= 0.3 is 0 Å². The van der Waals surface area contributed by atoms with Crippen molar-refractivity contribution < 1.29 is 15.0 Å². The van der Waals surface area contributed by atoms with E-state index >= 15 is 0 Å². The molecule has 0 radical (unpaired) electrons. The van der Waals surface area contributed by atoms with Crippen molar-refractivity contribution in [1.82, 2.24) is 0 Å². The van der Waals surface area contributed by atoms with Crippen LogP contribution in [-0.4, -0.2) is 28.2 Å². The van der Waals surface area contributed by atoms with Crippen molar-refractivity contribution in [3.8, 4) is 0 Å². The molecule has 2 N–H and O–H groups in total. The molecule has 3 nitrogen and oxygen atoms in total. The molecule has 0 unspecified atom stereocenters. The summed E-state index contributed by atoms with van der Waals surface area (Å²) in [6, 6.07) is 0. The second-order valence-electron chi connectivity index (χ2n) is 7.58. The monoisotopic (exact) mass is 252 g/mol. The summed E-state index contributed by atoms with van der Waals surface area (Å²) in [4.78, 5) is 12.0. The molecule has 102 valence electrons. The Kier molecular flexibility index (Phi) is 2.36. The number of Topliss-reactive ketones (excluding diaryl/α,β-unsaturated/α-hetero) is 1. The van der Waals surface area contributed by atoms with E-state index < -0.39 is 5.60 Å². The Hall–Kier alpha value is -0.410. The van der Waals surface area contributed by atoms with E-state index in [1.165, 1.54) is 0 Å². The summed E-state index contributed by atoms with van der Waals surface area (Å²) in [5, 5.41) is 20.5. The summed E-state index contributed by atoms with van der Waals surface area (Å²) >= 11 is 0. The molecule has 3 aliphatic carbocycles. The molecule has 6 atom stereocenters. The highest BCUT2D eigenvalue weighted by Crippen LogP contribution is 2.73. The first-order chi connectivity index (χ1) is 8.27. The van der Waals surface area contributed by atoms with Crippen LogP contribution in [0.1, 0.15) is 46.5 Å². The predicted molar refractivity (Wildman–Crippen MR) is 67.9 cm³/mol. The van der Waals surface area contributed by atoms with Crippen LogP contribution in [-0.2, 0) is 4.79 Å². The maximum Gasteiger partial charge on any atom is 0.136 e. The Bertz CT molecular complexity index is 407. The SMILES string of the molecule is CC(=O)[C@@H]1[C@@H]2C[C@](C)(CO)C[C@@H]2[C@@]2(C)CC[C@@]12O. The summed E-state index contributed by atoms with van der Waals surface area (Å²) in [6.45, 7) is 6.08. The minimum atomic E-state index is -0.759. The van der Waals surface area contributed by atoms with Gasteiger partial charge in [-0.1, -0.05) is 13.8 Å². The van der Waals surface area contributed by atoms with Crippen LogP contribution in [0.2, 0.25) is 0 Å². The van der Waals surface area contributed by atoms with Gasteiger partial charge in [-0.3, -0.25) is 4.79 Å². The number of aliphatic hydroxyl groups excluding tert-OH is 1. The van der Waals surface area contributed by atoms with Crippen molar-refractivity contribution in [2.45, 2.75) is 52.1 Å². The number of carbonyl (C=O) groups is 1. The lowest BCUT2D eigenvalue weighted by Crippen LogP contribution is -2.59. The zero-order valence-electron chi connectivity index (χ0n) is 11.6. The van der Waals surface area contributed by atoms with E-state index in [0.29, 0.717) is 5.92 Å². The molecule has 0 aliphatic heterocycles. The molecule has 0 heterocycles. The predicted octanol–water partition coefficient (Wildman–Crippen LogP) is 1.76. The summed E-state index contributed by atoms with van der Waals surface area (Å²) < 4.78 is 0. The fraction of sp³-hybridized carbons (Fsp3) is 0.933. The lowest BCUT2D eigenvalue weighted by molar-refractivity contribution is -0.181. The van der Waals surface area contributed by atoms with E-state index in [0.717, 1.165) is 25.7 Å². The first kappa shape index (κ1) is 12.6. The van der Waals surface area contributed by atoms with Crippen molar-refractivity contribution >= 4 is 5.78 Å². The molecule has 0 amide bonds. The highest BCUT2D eigenvalue weighted by Gasteiger charge is 2.74. The van der Waals surface area contributed by atoms with Crippen LogP contribution in [0.3, 0.4) is 0 Å². The number of hydrogen-bond acceptors (Lipinski definition) is 3. The second kappa shape index (κ2) is 3.37. The average Bonchev–Trinajstić information content (AvgIpc) is 2.69. The molecule has 0 aromatic carbocycles. The Morgan fingerprint density at radius 3 is 2.39 bits per heavy atom. The van der Waals surface area contributed by atoms with Gasteiger partial charge in [-0.2, -0.15) is 0 Å². The molecule has 0 aromatic heterocycles. The molecule has 3 rings (SSSR count). The average molecular weight is 252 g/mol. The van der Waals surface area contributed by atoms with Crippen molar-refractivity contribution in [2.24, 2.45) is 28.6 Å². The number of fused-ring (bicyclic) bond motifs is 3. The quantitative estimate of drug-likeness (QED) is 0.787. The van der Waals surface area contributed by atoms with E-state index in [1.54, 1.807) is 6.92 Å². The fourth-order valence-corrected chi connectivity index (χ4v) is 5.44. The molecular weight excluding hydrogens is 228 g/mol. The van der Waals surface area contributed by atoms with Gasteiger partial charge in [0.05, 0.1) is 5.60 Å². The van der Waals surface area contributed by atoms with E-state index in [2.05, 4.69) is 13.8 Å². The largest absolute Gasteiger partial charge is 0.396 e. The Morgan fingerprint density at radius 1 is 1.28 bits per heavy atom. The number of rotatable bonds is 2. The first-order valence-corrected chi connectivity index (χ1v) is 7.11. The van der Waals surface area contributed by atoms with Crippen LogP contribution in [0.25, 0.3) is 0 Å². The van der Waals surface area contributed by atoms with Gasteiger partial charge in [-0.25, -0.2) is 0 Å². The fourth-order valence-electron chi connectivity index (χ4n) is 5.44. The van der Waals surface area contributed by atoms with Gasteiger partial charge in [0, 0.05) is 17.9 Å². The molecule has 0 spiro atoms. The molecule has 0 aromatic rings. The first-order valence-electron chi connectivity index (χ1n) is 7.11. The van der Waals surface area contributed by atoms with Gasteiger partial charge in [0.2, 0.25) is 0 Å². The van der Waals surface area contributed by atoms with Crippen molar-refractivity contribution in [3.63, 3.8) is 0 Å². The zero-order chi connectivity index (χ0) is 13.3. The minimum Gasteiger partial charge on any atom is -0.396 e. The van der Waals surface area contributed by atoms with Crippen LogP contribution in [0, 0.1) is 28.6 Å². The van der Waals surface area contributed by atoms with Gasteiger partial charge < -0.3 is 10.2 Å². The molecule has 0 saturated heterocycles. The normalized spacial score (nSPS) is 57.9. The third kappa shape index (κ3) is 1.20. The number of carbonyl (C=O) groups excluding carboxylic acids is 1. The van der Waals surface area contributed by atoms with E-state index in [9.17, 15) is 15.0 Å². The van der Waals surface area contributed by atoms with E-state index in [4.69, 9.17) is 0 Å². The van der Waals surface area contributed by atoms with Crippen LogP contribution in [0.5, 0.6) is 0 Å². The molecule has 3 aliphatic rings. The van der Waals surface area contributed by atoms with Gasteiger partial charge in [0.1, 0.15) is 5.78 Å². The van der Waals surface area contributed by atoms with Crippen LogP contribution >= 0.6 is 0 Å². The van der Waals surface area contributed by atoms with Crippen molar-refractivity contribution in [1.29, 1.82) is 0 Å². The molecule has 0 bridgehead atoms. The summed E-state index contributed by atoms with van der Waals surface area (Å²) in [6.07, 6.45) is 3.64. The zero-order valence-corrected chi connectivity index (χ0v) is 11.6. The Balaban J connectivity index is 2.00. The van der Waals surface area contributed by atoms with Gasteiger partial charge in [0.15, 0.2) is 0 Å². The highest BCUT2D eigenvalue weighted by atomic mass is 16.3.